The number of hydrogen-bond acceptors (Lipinski definition) is 6. The zero-order valence-electron chi connectivity index (χ0n) is 10.8. The fourth-order valence-electron chi connectivity index (χ4n) is 1.21. The van der Waals surface area contributed by atoms with Crippen molar-refractivity contribution in [3.8, 4) is 5.88 Å². The topological polar surface area (TPSA) is 103 Å². The molecule has 1 aromatic rings. The summed E-state index contributed by atoms with van der Waals surface area (Å²) < 4.78 is 5.40. The molecule has 0 radical (unpaired) electrons. The van der Waals surface area contributed by atoms with Crippen molar-refractivity contribution in [1.29, 1.82) is 0 Å². The van der Waals surface area contributed by atoms with Gasteiger partial charge in [0.2, 0.25) is 5.88 Å². The molecule has 0 unspecified atom stereocenters. The molecule has 18 heavy (non-hydrogen) atoms. The summed E-state index contributed by atoms with van der Waals surface area (Å²) in [6.45, 7) is 6.71. The van der Waals surface area contributed by atoms with Crippen molar-refractivity contribution in [1.82, 2.24) is 4.98 Å². The van der Waals surface area contributed by atoms with E-state index in [1.807, 2.05) is 0 Å². The first-order valence-electron chi connectivity index (χ1n) is 5.58. The molecule has 100 valence electrons. The predicted octanol–water partition coefficient (Wildman–Crippen LogP) is 2.09. The molecule has 0 amide bonds. The molecule has 0 bridgehead atoms. The van der Waals surface area contributed by atoms with Gasteiger partial charge in [0.05, 0.1) is 23.7 Å². The van der Waals surface area contributed by atoms with E-state index in [2.05, 4.69) is 31.2 Å². The van der Waals surface area contributed by atoms with Gasteiger partial charge in [0, 0.05) is 0 Å². The van der Waals surface area contributed by atoms with Gasteiger partial charge < -0.3 is 10.2 Å². The van der Waals surface area contributed by atoms with Crippen molar-refractivity contribution in [2.45, 2.75) is 27.2 Å². The first-order valence-corrected chi connectivity index (χ1v) is 5.58. The van der Waals surface area contributed by atoms with E-state index in [0.29, 0.717) is 6.61 Å². The minimum Gasteiger partial charge on any atom is -0.477 e. The quantitative estimate of drug-likeness (QED) is 0.473. The Morgan fingerprint density at radius 1 is 1.50 bits per heavy atom. The maximum atomic E-state index is 10.7. The summed E-state index contributed by atoms with van der Waals surface area (Å²) >= 11 is 0. The Kier molecular flexibility index (Phi) is 4.43. The van der Waals surface area contributed by atoms with Gasteiger partial charge in [0.25, 0.3) is 5.69 Å². The van der Waals surface area contributed by atoms with Crippen LogP contribution >= 0.6 is 0 Å². The second kappa shape index (κ2) is 5.63. The highest BCUT2D eigenvalue weighted by Gasteiger charge is 2.13. The molecule has 3 N–H and O–H groups in total. The third-order valence-electron chi connectivity index (χ3n) is 2.25. The number of aromatic nitrogens is 1. The number of nitro groups is 1. The lowest BCUT2D eigenvalue weighted by Gasteiger charge is -2.17. The molecular formula is C11H18N4O3. The molecule has 7 nitrogen and oxygen atoms in total. The Hall–Kier alpha value is -1.89. The Morgan fingerprint density at radius 2 is 2.17 bits per heavy atom. The van der Waals surface area contributed by atoms with Crippen LogP contribution in [0.15, 0.2) is 12.1 Å². The molecule has 7 heteroatoms. The highest BCUT2D eigenvalue weighted by Crippen LogP contribution is 2.23. The predicted molar refractivity (Wildman–Crippen MR) is 68.3 cm³/mol. The van der Waals surface area contributed by atoms with E-state index >= 15 is 0 Å². The molecule has 0 atom stereocenters. The number of pyridine rings is 1. The smallest absolute Gasteiger partial charge is 0.278 e. The zero-order valence-corrected chi connectivity index (χ0v) is 10.8. The normalized spacial score (nSPS) is 11.1. The van der Waals surface area contributed by atoms with Gasteiger partial charge in [-0.3, -0.25) is 10.1 Å². The highest BCUT2D eigenvalue weighted by molar-refractivity contribution is 5.47. The number of nitrogens with one attached hydrogen (secondary N) is 1. The van der Waals surface area contributed by atoms with Crippen molar-refractivity contribution in [3.05, 3.63) is 22.2 Å². The van der Waals surface area contributed by atoms with Crippen LogP contribution < -0.4 is 16.0 Å². The van der Waals surface area contributed by atoms with Crippen molar-refractivity contribution in [2.75, 3.05) is 12.0 Å². The number of ether oxygens (including phenoxy) is 1. The average molecular weight is 254 g/mol. The van der Waals surface area contributed by atoms with E-state index < -0.39 is 4.92 Å². The van der Waals surface area contributed by atoms with Crippen LogP contribution in [0.1, 0.15) is 27.2 Å². The van der Waals surface area contributed by atoms with Crippen molar-refractivity contribution < 1.29 is 9.66 Å². The molecule has 0 saturated heterocycles. The van der Waals surface area contributed by atoms with Crippen LogP contribution in [0.25, 0.3) is 0 Å². The summed E-state index contributed by atoms with van der Waals surface area (Å²) in [7, 11) is 0. The molecule has 0 saturated carbocycles. The van der Waals surface area contributed by atoms with Gasteiger partial charge in [-0.25, -0.2) is 5.84 Å². The number of hydrogen-bond donors (Lipinski definition) is 2. The van der Waals surface area contributed by atoms with Crippen LogP contribution in [0, 0.1) is 15.5 Å². The standard InChI is InChI=1S/C11H18N4O3/c1-11(2,3)4-5-18-10-7-8(15(16)17)6-9(13-10)14-12/h6-7H,4-5,12H2,1-3H3,(H,13,14). The van der Waals surface area contributed by atoms with Crippen LogP contribution in [0.2, 0.25) is 0 Å². The largest absolute Gasteiger partial charge is 0.477 e. The summed E-state index contributed by atoms with van der Waals surface area (Å²) in [6.07, 6.45) is 0.822. The fourth-order valence-corrected chi connectivity index (χ4v) is 1.21. The van der Waals surface area contributed by atoms with Crippen molar-refractivity contribution in [3.63, 3.8) is 0 Å². The van der Waals surface area contributed by atoms with Gasteiger partial charge in [-0.05, 0) is 11.8 Å². The van der Waals surface area contributed by atoms with Gasteiger partial charge in [0.15, 0.2) is 5.82 Å². The summed E-state index contributed by atoms with van der Waals surface area (Å²) in [5.41, 5.74) is 2.30. The Morgan fingerprint density at radius 3 is 2.67 bits per heavy atom. The summed E-state index contributed by atoms with van der Waals surface area (Å²) in [5, 5.41) is 10.7. The van der Waals surface area contributed by atoms with Crippen LogP contribution in [-0.4, -0.2) is 16.5 Å². The second-order valence-electron chi connectivity index (χ2n) is 5.11. The number of nitrogens with zero attached hydrogens (tertiary/aromatic N) is 2. The van der Waals surface area contributed by atoms with E-state index in [1.54, 1.807) is 0 Å². The van der Waals surface area contributed by atoms with Gasteiger partial charge in [-0.15, -0.1) is 0 Å². The van der Waals surface area contributed by atoms with E-state index in [-0.39, 0.29) is 22.8 Å². The first kappa shape index (κ1) is 14.2. The van der Waals surface area contributed by atoms with Crippen LogP contribution in [0.5, 0.6) is 5.88 Å². The average Bonchev–Trinajstić information content (AvgIpc) is 2.26. The maximum Gasteiger partial charge on any atom is 0.278 e. The highest BCUT2D eigenvalue weighted by atomic mass is 16.6. The fraction of sp³-hybridized carbons (Fsp3) is 0.545. The summed E-state index contributed by atoms with van der Waals surface area (Å²) in [4.78, 5) is 14.2. The molecular weight excluding hydrogens is 236 g/mol. The SMILES string of the molecule is CC(C)(C)CCOc1cc([N+](=O)[O-])cc(NN)n1. The number of nitrogen functional groups attached to an aromatic ring is 1. The van der Waals surface area contributed by atoms with E-state index in [4.69, 9.17) is 10.6 Å². The second-order valence-corrected chi connectivity index (χ2v) is 5.11. The molecule has 0 spiro atoms. The lowest BCUT2D eigenvalue weighted by atomic mass is 9.93. The number of hydrazine groups is 1. The summed E-state index contributed by atoms with van der Waals surface area (Å²) in [5.74, 6) is 5.59. The number of nitrogens with two attached hydrogens (primary N) is 1. The molecule has 1 heterocycles. The molecule has 1 rings (SSSR count). The lowest BCUT2D eigenvalue weighted by Crippen LogP contribution is -2.13. The van der Waals surface area contributed by atoms with Gasteiger partial charge in [-0.1, -0.05) is 20.8 Å². The molecule has 0 aromatic carbocycles. The van der Waals surface area contributed by atoms with Crippen molar-refractivity contribution >= 4 is 11.5 Å². The summed E-state index contributed by atoms with van der Waals surface area (Å²) in [6, 6.07) is 2.53. The molecule has 1 aromatic heterocycles. The van der Waals surface area contributed by atoms with Crippen LogP contribution in [0.3, 0.4) is 0 Å². The maximum absolute atomic E-state index is 10.7. The van der Waals surface area contributed by atoms with E-state index in [1.165, 1.54) is 12.1 Å². The minimum absolute atomic E-state index is 0.108. The molecule has 0 aliphatic carbocycles. The van der Waals surface area contributed by atoms with Gasteiger partial charge in [0.1, 0.15) is 0 Å². The van der Waals surface area contributed by atoms with E-state index in [9.17, 15) is 10.1 Å². The minimum atomic E-state index is -0.515. The van der Waals surface area contributed by atoms with Crippen molar-refractivity contribution in [2.24, 2.45) is 11.3 Å². The van der Waals surface area contributed by atoms with Gasteiger partial charge in [-0.2, -0.15) is 4.98 Å². The molecule has 0 fully saturated rings. The zero-order chi connectivity index (χ0) is 13.8. The van der Waals surface area contributed by atoms with Crippen LogP contribution in [0.4, 0.5) is 11.5 Å². The van der Waals surface area contributed by atoms with Gasteiger partial charge >= 0.3 is 0 Å². The van der Waals surface area contributed by atoms with E-state index in [0.717, 1.165) is 6.42 Å². The van der Waals surface area contributed by atoms with Crippen LogP contribution in [-0.2, 0) is 0 Å². The first-order chi connectivity index (χ1) is 8.31. The third kappa shape index (κ3) is 4.54. The Balaban J connectivity index is 2.76. The number of rotatable bonds is 5. The molecule has 0 aliphatic rings. The lowest BCUT2D eigenvalue weighted by molar-refractivity contribution is -0.384. The number of anilines is 1. The third-order valence-corrected chi connectivity index (χ3v) is 2.25. The monoisotopic (exact) mass is 254 g/mol. The Labute approximate surface area is 105 Å². The molecule has 0 aliphatic heterocycles. The Bertz CT molecular complexity index is 429.